The standard InChI is InChI=1S/C14H23NO2/c1-5-11(3)17-14-12(10-15-6-2)8-7-9-13(14)16-4/h7-9,11,15H,5-6,10H2,1-4H3. The Morgan fingerprint density at radius 2 is 2.06 bits per heavy atom. The van der Waals surface area contributed by atoms with Crippen molar-refractivity contribution in [3.8, 4) is 11.5 Å². The Kier molecular flexibility index (Phi) is 5.84. The monoisotopic (exact) mass is 237 g/mol. The van der Waals surface area contributed by atoms with Gasteiger partial charge in [0.2, 0.25) is 0 Å². The van der Waals surface area contributed by atoms with Gasteiger partial charge in [-0.15, -0.1) is 0 Å². The number of rotatable bonds is 7. The molecule has 1 rings (SSSR count). The molecule has 0 aliphatic carbocycles. The van der Waals surface area contributed by atoms with Crippen molar-refractivity contribution in [1.82, 2.24) is 5.32 Å². The fourth-order valence-corrected chi connectivity index (χ4v) is 1.54. The molecule has 1 atom stereocenters. The zero-order valence-electron chi connectivity index (χ0n) is 11.2. The first-order chi connectivity index (χ1) is 8.22. The maximum absolute atomic E-state index is 5.95. The maximum Gasteiger partial charge on any atom is 0.166 e. The second-order valence-corrected chi connectivity index (χ2v) is 4.07. The lowest BCUT2D eigenvalue weighted by Crippen LogP contribution is -2.16. The lowest BCUT2D eigenvalue weighted by Gasteiger charge is -2.19. The predicted molar refractivity (Wildman–Crippen MR) is 70.8 cm³/mol. The summed E-state index contributed by atoms with van der Waals surface area (Å²) in [5.41, 5.74) is 1.14. The first-order valence-corrected chi connectivity index (χ1v) is 6.26. The lowest BCUT2D eigenvalue weighted by molar-refractivity contribution is 0.205. The number of ether oxygens (including phenoxy) is 2. The molecule has 0 aromatic heterocycles. The Bertz CT molecular complexity index is 339. The van der Waals surface area contributed by atoms with Crippen LogP contribution < -0.4 is 14.8 Å². The van der Waals surface area contributed by atoms with Crippen molar-refractivity contribution >= 4 is 0 Å². The van der Waals surface area contributed by atoms with Crippen LogP contribution in [0.2, 0.25) is 0 Å². The molecule has 1 N–H and O–H groups in total. The largest absolute Gasteiger partial charge is 0.493 e. The van der Waals surface area contributed by atoms with Gasteiger partial charge in [-0.05, 0) is 26.0 Å². The molecule has 0 saturated heterocycles. The minimum Gasteiger partial charge on any atom is -0.493 e. The third-order valence-corrected chi connectivity index (χ3v) is 2.74. The SMILES string of the molecule is CCNCc1cccc(OC)c1OC(C)CC. The highest BCUT2D eigenvalue weighted by molar-refractivity contribution is 5.46. The van der Waals surface area contributed by atoms with Crippen molar-refractivity contribution in [2.75, 3.05) is 13.7 Å². The fourth-order valence-electron chi connectivity index (χ4n) is 1.54. The van der Waals surface area contributed by atoms with E-state index in [4.69, 9.17) is 9.47 Å². The summed E-state index contributed by atoms with van der Waals surface area (Å²) in [5.74, 6) is 1.67. The van der Waals surface area contributed by atoms with Gasteiger partial charge in [-0.1, -0.05) is 26.0 Å². The van der Waals surface area contributed by atoms with Crippen LogP contribution in [0.3, 0.4) is 0 Å². The van der Waals surface area contributed by atoms with Gasteiger partial charge in [0, 0.05) is 12.1 Å². The smallest absolute Gasteiger partial charge is 0.166 e. The zero-order chi connectivity index (χ0) is 12.7. The Morgan fingerprint density at radius 3 is 2.65 bits per heavy atom. The van der Waals surface area contributed by atoms with E-state index < -0.39 is 0 Å². The summed E-state index contributed by atoms with van der Waals surface area (Å²) in [5, 5.41) is 3.31. The van der Waals surface area contributed by atoms with E-state index in [2.05, 4.69) is 32.2 Å². The van der Waals surface area contributed by atoms with Crippen LogP contribution in [-0.4, -0.2) is 19.8 Å². The van der Waals surface area contributed by atoms with Gasteiger partial charge in [-0.25, -0.2) is 0 Å². The lowest BCUT2D eigenvalue weighted by atomic mass is 10.1. The van der Waals surface area contributed by atoms with Crippen molar-refractivity contribution in [2.24, 2.45) is 0 Å². The number of hydrogen-bond donors (Lipinski definition) is 1. The van der Waals surface area contributed by atoms with Gasteiger partial charge in [-0.2, -0.15) is 0 Å². The van der Waals surface area contributed by atoms with Crippen LogP contribution in [-0.2, 0) is 6.54 Å². The number of nitrogens with one attached hydrogen (secondary N) is 1. The van der Waals surface area contributed by atoms with Gasteiger partial charge in [0.15, 0.2) is 11.5 Å². The topological polar surface area (TPSA) is 30.5 Å². The highest BCUT2D eigenvalue weighted by atomic mass is 16.5. The molecule has 1 aromatic rings. The summed E-state index contributed by atoms with van der Waals surface area (Å²) in [4.78, 5) is 0. The molecule has 0 bridgehead atoms. The molecule has 3 heteroatoms. The molecule has 0 amide bonds. The van der Waals surface area contributed by atoms with Crippen LogP contribution in [0.15, 0.2) is 18.2 Å². The van der Waals surface area contributed by atoms with E-state index in [9.17, 15) is 0 Å². The van der Waals surface area contributed by atoms with Crippen LogP contribution in [0.4, 0.5) is 0 Å². The van der Waals surface area contributed by atoms with E-state index in [1.165, 1.54) is 0 Å². The van der Waals surface area contributed by atoms with Crippen molar-refractivity contribution in [1.29, 1.82) is 0 Å². The number of methoxy groups -OCH3 is 1. The number of hydrogen-bond acceptors (Lipinski definition) is 3. The average Bonchev–Trinajstić information content (AvgIpc) is 2.37. The predicted octanol–water partition coefficient (Wildman–Crippen LogP) is 2.98. The summed E-state index contributed by atoms with van der Waals surface area (Å²) in [6.07, 6.45) is 1.19. The first kappa shape index (κ1) is 13.8. The maximum atomic E-state index is 5.95. The van der Waals surface area contributed by atoms with Crippen molar-refractivity contribution in [3.63, 3.8) is 0 Å². The summed E-state index contributed by atoms with van der Waals surface area (Å²) < 4.78 is 11.3. The van der Waals surface area contributed by atoms with E-state index >= 15 is 0 Å². The van der Waals surface area contributed by atoms with Crippen molar-refractivity contribution < 1.29 is 9.47 Å². The second kappa shape index (κ2) is 7.17. The van der Waals surface area contributed by atoms with Crippen molar-refractivity contribution in [2.45, 2.75) is 39.8 Å². The molecule has 3 nitrogen and oxygen atoms in total. The molecule has 1 unspecified atom stereocenters. The van der Waals surface area contributed by atoms with E-state index in [1.807, 2.05) is 12.1 Å². The molecule has 0 aliphatic rings. The third-order valence-electron chi connectivity index (χ3n) is 2.74. The molecule has 0 saturated carbocycles. The van der Waals surface area contributed by atoms with Crippen molar-refractivity contribution in [3.05, 3.63) is 23.8 Å². The fraction of sp³-hybridized carbons (Fsp3) is 0.571. The van der Waals surface area contributed by atoms with Gasteiger partial charge in [0.05, 0.1) is 13.2 Å². The van der Waals surface area contributed by atoms with Crippen LogP contribution in [0.25, 0.3) is 0 Å². The Morgan fingerprint density at radius 1 is 1.29 bits per heavy atom. The Hall–Kier alpha value is -1.22. The van der Waals surface area contributed by atoms with E-state index in [0.717, 1.165) is 36.6 Å². The van der Waals surface area contributed by atoms with Crippen LogP contribution >= 0.6 is 0 Å². The summed E-state index contributed by atoms with van der Waals surface area (Å²) in [6, 6.07) is 6.00. The van der Waals surface area contributed by atoms with Gasteiger partial charge in [0.25, 0.3) is 0 Å². The molecule has 0 fully saturated rings. The quantitative estimate of drug-likeness (QED) is 0.791. The van der Waals surface area contributed by atoms with E-state index in [-0.39, 0.29) is 6.10 Å². The minimum absolute atomic E-state index is 0.201. The molecule has 96 valence electrons. The van der Waals surface area contributed by atoms with Crippen LogP contribution in [0.5, 0.6) is 11.5 Å². The number of benzene rings is 1. The summed E-state index contributed by atoms with van der Waals surface area (Å²) in [7, 11) is 1.68. The molecule has 0 radical (unpaired) electrons. The summed E-state index contributed by atoms with van der Waals surface area (Å²) >= 11 is 0. The molecular formula is C14H23NO2. The van der Waals surface area contributed by atoms with E-state index in [0.29, 0.717) is 0 Å². The van der Waals surface area contributed by atoms with E-state index in [1.54, 1.807) is 7.11 Å². The van der Waals surface area contributed by atoms with Crippen LogP contribution in [0, 0.1) is 0 Å². The Labute approximate surface area is 104 Å². The van der Waals surface area contributed by atoms with Crippen LogP contribution in [0.1, 0.15) is 32.8 Å². The molecule has 0 spiro atoms. The van der Waals surface area contributed by atoms with Gasteiger partial charge >= 0.3 is 0 Å². The molecule has 17 heavy (non-hydrogen) atoms. The molecule has 0 heterocycles. The zero-order valence-corrected chi connectivity index (χ0v) is 11.2. The molecule has 1 aromatic carbocycles. The summed E-state index contributed by atoms with van der Waals surface area (Å²) in [6.45, 7) is 8.03. The molecular weight excluding hydrogens is 214 g/mol. The Balaban J connectivity index is 2.93. The van der Waals surface area contributed by atoms with Gasteiger partial charge in [-0.3, -0.25) is 0 Å². The molecule has 0 aliphatic heterocycles. The van der Waals surface area contributed by atoms with Gasteiger partial charge < -0.3 is 14.8 Å². The highest BCUT2D eigenvalue weighted by Crippen LogP contribution is 2.32. The van der Waals surface area contributed by atoms with Gasteiger partial charge in [0.1, 0.15) is 0 Å². The second-order valence-electron chi connectivity index (χ2n) is 4.07. The highest BCUT2D eigenvalue weighted by Gasteiger charge is 2.12. The average molecular weight is 237 g/mol. The normalized spacial score (nSPS) is 12.2. The minimum atomic E-state index is 0.201. The third kappa shape index (κ3) is 3.93. The first-order valence-electron chi connectivity index (χ1n) is 6.26. The number of para-hydroxylation sites is 1.